The highest BCUT2D eigenvalue weighted by Crippen LogP contribution is 2.26. The number of hydrogen-bond acceptors (Lipinski definition) is 8. The second-order valence-electron chi connectivity index (χ2n) is 9.62. The molecule has 0 aliphatic carbocycles. The number of likely N-dealkylation sites (tertiary alicyclic amines) is 1. The van der Waals surface area contributed by atoms with Crippen LogP contribution in [0.15, 0.2) is 55.0 Å². The Kier molecular flexibility index (Phi) is 8.77. The van der Waals surface area contributed by atoms with Crippen molar-refractivity contribution in [3.63, 3.8) is 0 Å². The molecule has 1 atom stereocenters. The number of aromatic nitrogens is 4. The van der Waals surface area contributed by atoms with Crippen LogP contribution in [0.25, 0.3) is 10.9 Å². The van der Waals surface area contributed by atoms with Gasteiger partial charge < -0.3 is 25.4 Å². The van der Waals surface area contributed by atoms with Crippen molar-refractivity contribution in [1.29, 1.82) is 0 Å². The summed E-state index contributed by atoms with van der Waals surface area (Å²) in [6.07, 6.45) is 7.09. The van der Waals surface area contributed by atoms with Gasteiger partial charge in [-0.05, 0) is 56.5 Å². The molecule has 3 heterocycles. The number of anilines is 3. The number of aliphatic hydroxyl groups excluding tert-OH is 1. The van der Waals surface area contributed by atoms with Crippen LogP contribution in [0.2, 0.25) is 0 Å². The number of nitrogens with zero attached hydrogens (tertiary/aromatic N) is 5. The molecule has 1 aliphatic heterocycles. The van der Waals surface area contributed by atoms with Crippen LogP contribution < -0.4 is 15.4 Å². The molecule has 1 amide bonds. The summed E-state index contributed by atoms with van der Waals surface area (Å²) in [5, 5.41) is 19.8. The smallest absolute Gasteiger partial charge is 0.246 e. The van der Waals surface area contributed by atoms with E-state index >= 15 is 0 Å². The molecule has 10 nitrogen and oxygen atoms in total. The third-order valence-corrected chi connectivity index (χ3v) is 6.85. The number of carbonyl (C=O) groups is 1. The maximum absolute atomic E-state index is 13.8. The first-order chi connectivity index (χ1) is 19.5. The van der Waals surface area contributed by atoms with Gasteiger partial charge in [-0.15, -0.1) is 0 Å². The molecule has 12 heteroatoms. The molecule has 5 rings (SSSR count). The molecule has 2 aromatic carbocycles. The average Bonchev–Trinajstić information content (AvgIpc) is 3.58. The van der Waals surface area contributed by atoms with E-state index in [1.165, 1.54) is 29.6 Å². The number of aliphatic hydroxyl groups is 1. The molecule has 3 N–H and O–H groups in total. The Bertz CT molecular complexity index is 1470. The van der Waals surface area contributed by atoms with E-state index < -0.39 is 17.5 Å². The summed E-state index contributed by atoms with van der Waals surface area (Å²) in [6, 6.07) is 11.3. The van der Waals surface area contributed by atoms with Gasteiger partial charge in [-0.25, -0.2) is 18.7 Å². The molecular formula is C28H31F2N7O3. The topological polar surface area (TPSA) is 117 Å². The number of halogens is 2. The van der Waals surface area contributed by atoms with Crippen molar-refractivity contribution in [2.45, 2.75) is 38.3 Å². The van der Waals surface area contributed by atoms with Gasteiger partial charge in [0, 0.05) is 42.9 Å². The second-order valence-corrected chi connectivity index (χ2v) is 9.62. The van der Waals surface area contributed by atoms with Crippen LogP contribution in [-0.4, -0.2) is 68.0 Å². The van der Waals surface area contributed by atoms with Gasteiger partial charge in [-0.2, -0.15) is 5.10 Å². The minimum absolute atomic E-state index is 0.192. The number of carbonyl (C=O) groups excluding carboxylic acids is 1. The fourth-order valence-corrected chi connectivity index (χ4v) is 4.92. The van der Waals surface area contributed by atoms with Gasteiger partial charge in [0.05, 0.1) is 17.8 Å². The maximum atomic E-state index is 13.8. The summed E-state index contributed by atoms with van der Waals surface area (Å²) < 4.78 is 34.5. The molecule has 1 saturated heterocycles. The van der Waals surface area contributed by atoms with Gasteiger partial charge in [-0.1, -0.05) is 6.07 Å². The van der Waals surface area contributed by atoms with Crippen molar-refractivity contribution in [1.82, 2.24) is 24.6 Å². The Morgan fingerprint density at radius 2 is 2.08 bits per heavy atom. The Morgan fingerprint density at radius 3 is 2.95 bits per heavy atom. The molecule has 1 fully saturated rings. The molecule has 4 aromatic rings. The van der Waals surface area contributed by atoms with Crippen LogP contribution in [0, 0.1) is 11.6 Å². The first-order valence-electron chi connectivity index (χ1n) is 13.3. The van der Waals surface area contributed by atoms with E-state index in [2.05, 4.69) is 30.6 Å². The minimum atomic E-state index is -1.11. The molecular weight excluding hydrogens is 520 g/mol. The molecule has 0 bridgehead atoms. The molecule has 0 unspecified atom stereocenters. The zero-order valence-corrected chi connectivity index (χ0v) is 21.9. The average molecular weight is 552 g/mol. The first-order valence-corrected chi connectivity index (χ1v) is 13.3. The van der Waals surface area contributed by atoms with Crippen molar-refractivity contribution in [2.24, 2.45) is 0 Å². The van der Waals surface area contributed by atoms with E-state index in [0.29, 0.717) is 29.8 Å². The fraction of sp³-hybridized carbons (Fsp3) is 0.357. The molecule has 40 heavy (non-hydrogen) atoms. The van der Waals surface area contributed by atoms with E-state index in [9.17, 15) is 18.7 Å². The van der Waals surface area contributed by atoms with Gasteiger partial charge in [0.1, 0.15) is 24.4 Å². The quantitative estimate of drug-likeness (QED) is 0.225. The Labute approximate surface area is 230 Å². The second kappa shape index (κ2) is 12.8. The Morgan fingerprint density at radius 1 is 1.18 bits per heavy atom. The number of hydrogen-bond donors (Lipinski definition) is 3. The van der Waals surface area contributed by atoms with Crippen molar-refractivity contribution in [2.75, 3.05) is 36.9 Å². The van der Waals surface area contributed by atoms with Crippen molar-refractivity contribution >= 4 is 34.1 Å². The monoisotopic (exact) mass is 551 g/mol. The zero-order chi connectivity index (χ0) is 27.9. The Hall–Kier alpha value is -4.16. The normalized spacial score (nSPS) is 15.4. The van der Waals surface area contributed by atoms with Crippen molar-refractivity contribution in [3.05, 3.63) is 66.6 Å². The third kappa shape index (κ3) is 6.69. The van der Waals surface area contributed by atoms with Crippen molar-refractivity contribution in [3.8, 4) is 5.75 Å². The Balaban J connectivity index is 1.15. The van der Waals surface area contributed by atoms with Gasteiger partial charge >= 0.3 is 0 Å². The number of amides is 1. The number of rotatable bonds is 12. The molecule has 210 valence electrons. The number of fused-ring (bicyclic) bond motifs is 1. The van der Waals surface area contributed by atoms with Gasteiger partial charge in [-0.3, -0.25) is 9.48 Å². The highest BCUT2D eigenvalue weighted by molar-refractivity contribution is 5.91. The summed E-state index contributed by atoms with van der Waals surface area (Å²) in [5.74, 6) is -0.995. The number of ether oxygens (including phenoxy) is 1. The number of benzene rings is 2. The summed E-state index contributed by atoms with van der Waals surface area (Å²) in [5.41, 5.74) is 0.470. The van der Waals surface area contributed by atoms with Crippen LogP contribution in [0.3, 0.4) is 0 Å². The van der Waals surface area contributed by atoms with E-state index in [-0.39, 0.29) is 18.8 Å². The lowest BCUT2D eigenvalue weighted by Gasteiger charge is -2.23. The molecule has 0 spiro atoms. The minimum Gasteiger partial charge on any atom is -0.493 e. The molecule has 1 aliphatic rings. The number of nitrogens with one attached hydrogen (secondary N) is 2. The van der Waals surface area contributed by atoms with Gasteiger partial charge in [0.25, 0.3) is 0 Å². The van der Waals surface area contributed by atoms with Crippen molar-refractivity contribution < 1.29 is 23.4 Å². The SMILES string of the molecule is O=C(Cn1ccc(Nc2ncnc3cc(OCCCN4CCC[C@H]4CCO)ccc23)n1)Nc1cccc(F)c1F. The molecule has 0 radical (unpaired) electrons. The largest absolute Gasteiger partial charge is 0.493 e. The summed E-state index contributed by atoms with van der Waals surface area (Å²) in [6.45, 7) is 2.65. The van der Waals surface area contributed by atoms with Gasteiger partial charge in [0.15, 0.2) is 17.5 Å². The lowest BCUT2D eigenvalue weighted by atomic mass is 10.1. The van der Waals surface area contributed by atoms with Gasteiger partial charge in [0.2, 0.25) is 5.91 Å². The predicted molar refractivity (Wildman–Crippen MR) is 146 cm³/mol. The molecule has 0 saturated carbocycles. The van der Waals surface area contributed by atoms with Crippen LogP contribution in [-0.2, 0) is 11.3 Å². The summed E-state index contributed by atoms with van der Waals surface area (Å²) in [7, 11) is 0. The zero-order valence-electron chi connectivity index (χ0n) is 21.9. The fourth-order valence-electron chi connectivity index (χ4n) is 4.92. The van der Waals surface area contributed by atoms with E-state index in [1.54, 1.807) is 12.3 Å². The lowest BCUT2D eigenvalue weighted by Crippen LogP contribution is -2.31. The van der Waals surface area contributed by atoms with Crippen LogP contribution in [0.1, 0.15) is 25.7 Å². The summed E-state index contributed by atoms with van der Waals surface area (Å²) >= 11 is 0. The van der Waals surface area contributed by atoms with Crippen LogP contribution in [0.4, 0.5) is 26.1 Å². The lowest BCUT2D eigenvalue weighted by molar-refractivity contribution is -0.116. The predicted octanol–water partition coefficient (Wildman–Crippen LogP) is 4.10. The van der Waals surface area contributed by atoms with Crippen LogP contribution >= 0.6 is 0 Å². The highest BCUT2D eigenvalue weighted by atomic mass is 19.2. The highest BCUT2D eigenvalue weighted by Gasteiger charge is 2.23. The first kappa shape index (κ1) is 27.4. The standard InChI is InChI=1S/C28H31F2N7O3/c29-22-5-1-6-23(27(22)30)33-26(39)17-37-13-9-25(35-37)34-28-21-8-7-20(16-24(21)31-18-32-28)40-15-3-12-36-11-2-4-19(36)10-14-38/h1,5-9,13,16,18-19,38H,2-4,10-12,14-15,17H2,(H,33,39)(H,31,32,34,35)/t19-/m0/s1. The molecule has 2 aromatic heterocycles. The third-order valence-electron chi connectivity index (χ3n) is 6.85. The van der Waals surface area contributed by atoms with E-state index in [0.717, 1.165) is 49.6 Å². The van der Waals surface area contributed by atoms with E-state index in [1.807, 2.05) is 18.2 Å². The maximum Gasteiger partial charge on any atom is 0.246 e. The van der Waals surface area contributed by atoms with E-state index in [4.69, 9.17) is 4.74 Å². The summed E-state index contributed by atoms with van der Waals surface area (Å²) in [4.78, 5) is 23.4. The van der Waals surface area contributed by atoms with Crippen LogP contribution in [0.5, 0.6) is 5.75 Å².